The van der Waals surface area contributed by atoms with Crippen molar-refractivity contribution in [1.82, 2.24) is 5.32 Å². The molecule has 0 radical (unpaired) electrons. The van der Waals surface area contributed by atoms with Crippen molar-refractivity contribution in [2.75, 3.05) is 6.54 Å². The van der Waals surface area contributed by atoms with Gasteiger partial charge in [0, 0.05) is 27.8 Å². The molecule has 1 heterocycles. The maximum Gasteiger partial charge on any atom is 0.351 e. The Kier molecular flexibility index (Phi) is 9.30. The first-order valence-corrected chi connectivity index (χ1v) is 18.6. The number of aldehydes is 1. The van der Waals surface area contributed by atoms with Crippen molar-refractivity contribution in [2.24, 2.45) is 46.2 Å². The van der Waals surface area contributed by atoms with Crippen LogP contribution in [-0.2, 0) is 30.3 Å². The minimum Gasteiger partial charge on any atom is -0.475 e. The second kappa shape index (κ2) is 12.8. The molecule has 0 saturated heterocycles. The van der Waals surface area contributed by atoms with E-state index in [1.807, 2.05) is 20.8 Å². The lowest BCUT2D eigenvalue weighted by Crippen LogP contribution is -2.60. The predicted octanol–water partition coefficient (Wildman–Crippen LogP) is 6.32. The molecule has 0 aromatic heterocycles. The Morgan fingerprint density at radius 1 is 1.06 bits per heavy atom. The highest BCUT2D eigenvalue weighted by Gasteiger charge is 2.69. The van der Waals surface area contributed by atoms with Gasteiger partial charge in [0.05, 0.1) is 0 Å². The summed E-state index contributed by atoms with van der Waals surface area (Å²) in [6, 6.07) is 0. The van der Waals surface area contributed by atoms with E-state index in [1.165, 1.54) is 0 Å². The van der Waals surface area contributed by atoms with E-state index >= 15 is 0 Å². The molecule has 6 rings (SSSR count). The van der Waals surface area contributed by atoms with E-state index in [4.69, 9.17) is 37.0 Å². The van der Waals surface area contributed by atoms with Gasteiger partial charge < -0.3 is 25.3 Å². The number of benzene rings is 1. The molecule has 4 N–H and O–H groups in total. The summed E-state index contributed by atoms with van der Waals surface area (Å²) in [6.45, 7) is 15.2. The third-order valence-corrected chi connectivity index (χ3v) is 14.2. The van der Waals surface area contributed by atoms with Crippen molar-refractivity contribution in [3.63, 3.8) is 0 Å². The van der Waals surface area contributed by atoms with Gasteiger partial charge in [-0.3, -0.25) is 15.0 Å². The monoisotopic (exact) mass is 721 g/mol. The van der Waals surface area contributed by atoms with Gasteiger partial charge in [-0.15, -0.1) is 0 Å². The molecule has 3 fully saturated rings. The highest BCUT2D eigenvalue weighted by atomic mass is 35.5. The minimum absolute atomic E-state index is 0.0630. The predicted molar refractivity (Wildman–Crippen MR) is 194 cm³/mol. The molecule has 7 unspecified atom stereocenters. The number of Topliss-reactive ketones (excluding diaryl/α,β-unsaturated/α-hetero) is 1. The molecule has 0 spiro atoms. The first-order chi connectivity index (χ1) is 23.9. The van der Waals surface area contributed by atoms with Crippen LogP contribution in [0.2, 0.25) is 0 Å². The number of nitrogens with one attached hydrogen (secondary N) is 2. The topological polar surface area (TPSA) is 158 Å². The highest BCUT2D eigenvalue weighted by molar-refractivity contribution is 6.32. The fourth-order valence-electron chi connectivity index (χ4n) is 10.7. The van der Waals surface area contributed by atoms with Crippen LogP contribution >= 0.6 is 11.6 Å². The normalized spacial score (nSPS) is 37.2. The summed E-state index contributed by atoms with van der Waals surface area (Å²) in [4.78, 5) is 52.6. The van der Waals surface area contributed by atoms with E-state index in [9.17, 15) is 19.2 Å². The lowest BCUT2D eigenvalue weighted by Gasteiger charge is -2.57. The number of halogens is 1. The van der Waals surface area contributed by atoms with Crippen molar-refractivity contribution >= 4 is 41.6 Å². The van der Waals surface area contributed by atoms with Crippen LogP contribution in [-0.4, -0.2) is 47.7 Å². The van der Waals surface area contributed by atoms with Gasteiger partial charge in [0.15, 0.2) is 17.3 Å². The maximum absolute atomic E-state index is 14.4. The number of allylic oxidation sites excluding steroid dienone is 4. The van der Waals surface area contributed by atoms with Crippen LogP contribution in [0.3, 0.4) is 0 Å². The van der Waals surface area contributed by atoms with Crippen LogP contribution in [0.1, 0.15) is 95.4 Å². The van der Waals surface area contributed by atoms with Crippen molar-refractivity contribution in [1.29, 1.82) is 5.41 Å². The van der Waals surface area contributed by atoms with Crippen molar-refractivity contribution in [3.05, 3.63) is 45.0 Å². The Hall–Kier alpha value is -3.66. The van der Waals surface area contributed by atoms with E-state index in [-0.39, 0.29) is 41.5 Å². The smallest absolute Gasteiger partial charge is 0.351 e. The number of carbonyl (C=O) groups excluding carboxylic acids is 4. The van der Waals surface area contributed by atoms with E-state index in [0.29, 0.717) is 59.6 Å². The molecule has 9 atom stereocenters. The fourth-order valence-corrected chi connectivity index (χ4v) is 11.1. The van der Waals surface area contributed by atoms with E-state index in [1.54, 1.807) is 19.9 Å². The third-order valence-electron chi connectivity index (χ3n) is 13.9. The standard InChI is InChI=1S/C40H52ClN3O7/c1-20-17-30(20)39(8)28-10-13-37(6)27(26(28)18-31(41)29(39)12-16-45)11-15-40(37,24(5)46)51-35(48)38(7)14-9-25-23(4)33(21(2)22(3)34(25)50-38)49-32(47)19-44-36(42)43/h12,16,18,20,26-28,30H,9-11,13-15,17,19H2,1-8H3,(H4,42,43,44)/b29-12-/t20?,26?,27?,28?,30-,37?,38?,39?,40-/m0/s1. The van der Waals surface area contributed by atoms with Crippen LogP contribution < -0.4 is 20.5 Å². The molecule has 1 aliphatic heterocycles. The number of carbonyl (C=O) groups is 4. The lowest BCUT2D eigenvalue weighted by molar-refractivity contribution is -0.199. The van der Waals surface area contributed by atoms with Crippen molar-refractivity contribution in [2.45, 2.75) is 112 Å². The molecule has 5 aliphatic rings. The molecule has 0 bridgehead atoms. The molecule has 4 aliphatic carbocycles. The number of nitrogens with two attached hydrogens (primary N) is 1. The number of fused-ring (bicyclic) bond motifs is 4. The zero-order valence-corrected chi connectivity index (χ0v) is 31.8. The number of guanidine groups is 1. The minimum atomic E-state index is -1.35. The Bertz CT molecular complexity index is 1790. The molecule has 11 heteroatoms. The second-order valence-corrected chi connectivity index (χ2v) is 16.9. The molecule has 10 nitrogen and oxygen atoms in total. The molecular formula is C40H52ClN3O7. The van der Waals surface area contributed by atoms with E-state index < -0.39 is 28.6 Å². The summed E-state index contributed by atoms with van der Waals surface area (Å²) >= 11 is 7.02. The van der Waals surface area contributed by atoms with Gasteiger partial charge in [-0.05, 0) is 131 Å². The zero-order chi connectivity index (χ0) is 37.4. The third kappa shape index (κ3) is 5.62. The number of ketones is 1. The van der Waals surface area contributed by atoms with Crippen LogP contribution in [0, 0.1) is 66.6 Å². The SMILES string of the molecule is CC(=O)[C@@]1(OC(=O)C2(C)CCc3c(C)c(OC(=O)CNC(=N)N)c(C)c(C)c3O2)CCC2C3C=C(Cl)/C(=C/C=O)C(C)([C@H]4CC4C)C3CCC21C. The second-order valence-electron chi connectivity index (χ2n) is 16.5. The first-order valence-electron chi connectivity index (χ1n) is 18.2. The molecule has 276 valence electrons. The summed E-state index contributed by atoms with van der Waals surface area (Å²) in [5.41, 5.74) is 5.73. The van der Waals surface area contributed by atoms with Crippen LogP contribution in [0.5, 0.6) is 11.5 Å². The quantitative estimate of drug-likeness (QED) is 0.0698. The Morgan fingerprint density at radius 3 is 2.33 bits per heavy atom. The number of hydrogen-bond donors (Lipinski definition) is 3. The Labute approximate surface area is 305 Å². The van der Waals surface area contributed by atoms with Crippen LogP contribution in [0.15, 0.2) is 22.8 Å². The van der Waals surface area contributed by atoms with E-state index in [0.717, 1.165) is 47.8 Å². The average Bonchev–Trinajstić information content (AvgIpc) is 3.74. The number of esters is 2. The summed E-state index contributed by atoms with van der Waals surface area (Å²) in [5.74, 6) is 0.758. The molecule has 51 heavy (non-hydrogen) atoms. The summed E-state index contributed by atoms with van der Waals surface area (Å²) in [7, 11) is 0. The van der Waals surface area contributed by atoms with E-state index in [2.05, 4.69) is 32.2 Å². The summed E-state index contributed by atoms with van der Waals surface area (Å²) in [5, 5.41) is 10.4. The van der Waals surface area contributed by atoms with Gasteiger partial charge in [0.25, 0.3) is 0 Å². The maximum atomic E-state index is 14.4. The largest absolute Gasteiger partial charge is 0.475 e. The number of hydrogen-bond acceptors (Lipinski definition) is 8. The Balaban J connectivity index is 1.28. The van der Waals surface area contributed by atoms with Crippen LogP contribution in [0.4, 0.5) is 0 Å². The highest BCUT2D eigenvalue weighted by Crippen LogP contribution is 2.71. The molecule has 0 amide bonds. The van der Waals surface area contributed by atoms with Gasteiger partial charge in [0.2, 0.25) is 5.60 Å². The molecule has 1 aromatic rings. The summed E-state index contributed by atoms with van der Waals surface area (Å²) < 4.78 is 18.8. The van der Waals surface area contributed by atoms with Gasteiger partial charge >= 0.3 is 11.9 Å². The molecule has 1 aromatic carbocycles. The molecule has 3 saturated carbocycles. The Morgan fingerprint density at radius 2 is 1.73 bits per heavy atom. The van der Waals surface area contributed by atoms with Gasteiger partial charge in [-0.25, -0.2) is 9.59 Å². The van der Waals surface area contributed by atoms with Crippen molar-refractivity contribution in [3.8, 4) is 11.5 Å². The van der Waals surface area contributed by atoms with Gasteiger partial charge in [0.1, 0.15) is 24.3 Å². The van der Waals surface area contributed by atoms with Gasteiger partial charge in [-0.2, -0.15) is 0 Å². The zero-order valence-electron chi connectivity index (χ0n) is 31.1. The van der Waals surface area contributed by atoms with Gasteiger partial charge in [-0.1, -0.05) is 38.4 Å². The first kappa shape index (κ1) is 37.1. The summed E-state index contributed by atoms with van der Waals surface area (Å²) in [6.07, 6.45) is 9.19. The number of ether oxygens (including phenoxy) is 3. The number of rotatable bonds is 8. The fraction of sp³-hybridized carbons (Fsp3) is 0.625. The van der Waals surface area contributed by atoms with Crippen LogP contribution in [0.25, 0.3) is 0 Å². The average molecular weight is 722 g/mol. The van der Waals surface area contributed by atoms with Crippen molar-refractivity contribution < 1.29 is 33.4 Å². The molecular weight excluding hydrogens is 670 g/mol. The lowest BCUT2D eigenvalue weighted by atomic mass is 9.48.